The Hall–Kier alpha value is -1.85. The molecule has 1 aliphatic heterocycles. The van der Waals surface area contributed by atoms with Crippen molar-refractivity contribution < 1.29 is 18.3 Å². The zero-order valence-electron chi connectivity index (χ0n) is 9.94. The number of benzene rings is 1. The summed E-state index contributed by atoms with van der Waals surface area (Å²) < 4.78 is 32.7. The Morgan fingerprint density at radius 2 is 2.11 bits per heavy atom. The van der Waals surface area contributed by atoms with Crippen molar-refractivity contribution in [1.29, 1.82) is 0 Å². The van der Waals surface area contributed by atoms with Crippen molar-refractivity contribution in [3.63, 3.8) is 0 Å². The summed E-state index contributed by atoms with van der Waals surface area (Å²) in [6, 6.07) is 1.19. The maximum absolute atomic E-state index is 13.9. The number of amides is 1. The van der Waals surface area contributed by atoms with Crippen LogP contribution in [0.25, 0.3) is 0 Å². The Labute approximate surface area is 113 Å². The molecule has 0 aromatic heterocycles. The number of carbonyl (C=O) groups excluding carboxylic acids is 1. The largest absolute Gasteiger partial charge is 0.497 e. The summed E-state index contributed by atoms with van der Waals surface area (Å²) in [7, 11) is 1.31. The minimum atomic E-state index is -0.949. The third kappa shape index (κ3) is 2.47. The molecule has 0 saturated carbocycles. The monoisotopic (exact) mass is 284 g/mol. The number of halogens is 2. The molecular formula is C12H10F2N2O2S. The lowest BCUT2D eigenvalue weighted by molar-refractivity contribution is -0.120. The second-order valence-corrected chi connectivity index (χ2v) is 4.20. The van der Waals surface area contributed by atoms with Crippen LogP contribution in [0.15, 0.2) is 17.1 Å². The van der Waals surface area contributed by atoms with E-state index in [-0.39, 0.29) is 17.9 Å². The molecule has 2 atom stereocenters. The molecule has 0 bridgehead atoms. The van der Waals surface area contributed by atoms with Crippen molar-refractivity contribution in [2.75, 3.05) is 13.7 Å². The van der Waals surface area contributed by atoms with E-state index in [4.69, 9.17) is 4.74 Å². The van der Waals surface area contributed by atoms with Gasteiger partial charge in [-0.3, -0.25) is 4.79 Å². The van der Waals surface area contributed by atoms with Crippen LogP contribution in [0.2, 0.25) is 0 Å². The molecule has 19 heavy (non-hydrogen) atoms. The highest BCUT2D eigenvalue weighted by atomic mass is 32.1. The number of aliphatic imine (C=N–C) groups is 1. The number of methoxy groups -OCH3 is 1. The molecule has 2 rings (SSSR count). The van der Waals surface area contributed by atoms with Crippen LogP contribution in [0.1, 0.15) is 11.5 Å². The van der Waals surface area contributed by atoms with Gasteiger partial charge in [0.1, 0.15) is 23.4 Å². The van der Waals surface area contributed by atoms with Crippen LogP contribution >= 0.6 is 12.2 Å². The molecule has 1 aromatic carbocycles. The van der Waals surface area contributed by atoms with E-state index in [0.717, 1.165) is 12.1 Å². The molecule has 0 spiro atoms. The summed E-state index contributed by atoms with van der Waals surface area (Å²) in [5.41, 5.74) is -0.196. The predicted octanol–water partition coefficient (Wildman–Crippen LogP) is 1.66. The van der Waals surface area contributed by atoms with Crippen LogP contribution < -0.4 is 10.1 Å². The number of nitrogens with zero attached hydrogens (tertiary/aromatic N) is 1. The Balaban J connectivity index is 2.47. The van der Waals surface area contributed by atoms with Gasteiger partial charge in [0.15, 0.2) is 0 Å². The van der Waals surface area contributed by atoms with Gasteiger partial charge >= 0.3 is 0 Å². The third-order valence-electron chi connectivity index (χ3n) is 3.00. The van der Waals surface area contributed by atoms with Gasteiger partial charge in [0, 0.05) is 30.2 Å². The van der Waals surface area contributed by atoms with Gasteiger partial charge in [0.2, 0.25) is 5.91 Å². The first-order valence-electron chi connectivity index (χ1n) is 5.46. The number of thiocarbonyl (C=S) groups is 1. The van der Waals surface area contributed by atoms with Crippen LogP contribution in [0.3, 0.4) is 0 Å². The van der Waals surface area contributed by atoms with Crippen molar-refractivity contribution in [2.24, 2.45) is 4.99 Å². The lowest BCUT2D eigenvalue weighted by Gasteiger charge is -2.15. The second kappa shape index (κ2) is 5.42. The minimum Gasteiger partial charge on any atom is -0.497 e. The number of carbonyl (C=O) groups is 1. The van der Waals surface area contributed by atoms with Crippen LogP contribution in [-0.4, -0.2) is 30.8 Å². The van der Waals surface area contributed by atoms with Gasteiger partial charge < -0.3 is 10.1 Å². The SMILES string of the molecule is COc1cc(F)c(C2CNC(=O)C2N=C=S)c(F)c1. The Bertz CT molecular complexity index is 550. The average molecular weight is 284 g/mol. The number of rotatable bonds is 3. The first-order chi connectivity index (χ1) is 9.08. The fourth-order valence-electron chi connectivity index (χ4n) is 2.11. The summed E-state index contributed by atoms with van der Waals surface area (Å²) >= 11 is 4.45. The van der Waals surface area contributed by atoms with Gasteiger partial charge in [0.25, 0.3) is 0 Å². The zero-order chi connectivity index (χ0) is 14.0. The molecule has 1 heterocycles. The number of hydrogen-bond acceptors (Lipinski definition) is 4. The van der Waals surface area contributed by atoms with Crippen molar-refractivity contribution in [2.45, 2.75) is 12.0 Å². The molecular weight excluding hydrogens is 274 g/mol. The highest BCUT2D eigenvalue weighted by Crippen LogP contribution is 2.32. The smallest absolute Gasteiger partial charge is 0.246 e. The molecule has 100 valence electrons. The van der Waals surface area contributed by atoms with E-state index in [2.05, 4.69) is 27.7 Å². The summed E-state index contributed by atoms with van der Waals surface area (Å²) in [5.74, 6) is -2.64. The van der Waals surface area contributed by atoms with Gasteiger partial charge in [-0.15, -0.1) is 0 Å². The molecule has 1 amide bonds. The molecule has 0 aliphatic carbocycles. The van der Waals surface area contributed by atoms with E-state index >= 15 is 0 Å². The summed E-state index contributed by atoms with van der Waals surface area (Å²) in [6.45, 7) is 0.101. The molecule has 2 unspecified atom stereocenters. The van der Waals surface area contributed by atoms with Crippen molar-refractivity contribution >= 4 is 23.3 Å². The van der Waals surface area contributed by atoms with Gasteiger partial charge in [-0.05, 0) is 12.2 Å². The molecule has 1 aliphatic rings. The van der Waals surface area contributed by atoms with Crippen LogP contribution in [-0.2, 0) is 4.79 Å². The first kappa shape index (κ1) is 13.6. The van der Waals surface area contributed by atoms with E-state index in [0.29, 0.717) is 0 Å². The standard InChI is InChI=1S/C12H10F2N2O2S/c1-18-6-2-8(13)10(9(14)3-6)7-4-15-12(17)11(7)16-5-19/h2-3,7,11H,4H2,1H3,(H,15,17). The highest BCUT2D eigenvalue weighted by molar-refractivity contribution is 7.78. The maximum Gasteiger partial charge on any atom is 0.246 e. The lowest BCUT2D eigenvalue weighted by Crippen LogP contribution is -2.23. The highest BCUT2D eigenvalue weighted by Gasteiger charge is 2.38. The number of nitrogens with one attached hydrogen (secondary N) is 1. The summed E-state index contributed by atoms with van der Waals surface area (Å²) in [5, 5.41) is 4.58. The maximum atomic E-state index is 13.9. The Morgan fingerprint density at radius 1 is 1.47 bits per heavy atom. The predicted molar refractivity (Wildman–Crippen MR) is 67.5 cm³/mol. The zero-order valence-corrected chi connectivity index (χ0v) is 10.8. The Morgan fingerprint density at radius 3 is 2.63 bits per heavy atom. The topological polar surface area (TPSA) is 50.7 Å². The molecule has 1 aromatic rings. The van der Waals surface area contributed by atoms with Gasteiger partial charge in [0.05, 0.1) is 12.3 Å². The van der Waals surface area contributed by atoms with Gasteiger partial charge in [-0.2, -0.15) is 0 Å². The van der Waals surface area contributed by atoms with E-state index in [1.807, 2.05) is 0 Å². The molecule has 0 radical (unpaired) electrons. The normalized spacial score (nSPS) is 21.7. The quantitative estimate of drug-likeness (QED) is 0.678. The van der Waals surface area contributed by atoms with Gasteiger partial charge in [-0.1, -0.05) is 0 Å². The van der Waals surface area contributed by atoms with Crippen molar-refractivity contribution in [3.8, 4) is 5.75 Å². The van der Waals surface area contributed by atoms with Crippen molar-refractivity contribution in [1.82, 2.24) is 5.32 Å². The van der Waals surface area contributed by atoms with Crippen LogP contribution in [0.5, 0.6) is 5.75 Å². The third-order valence-corrected chi connectivity index (χ3v) is 3.10. The van der Waals surface area contributed by atoms with Crippen LogP contribution in [0, 0.1) is 11.6 Å². The molecule has 1 saturated heterocycles. The average Bonchev–Trinajstić information content (AvgIpc) is 2.71. The molecule has 1 N–H and O–H groups in total. The fraction of sp³-hybridized carbons (Fsp3) is 0.333. The molecule has 4 nitrogen and oxygen atoms in total. The molecule has 7 heteroatoms. The minimum absolute atomic E-state index is 0.0749. The summed E-state index contributed by atoms with van der Waals surface area (Å²) in [4.78, 5) is 15.2. The number of ether oxygens (including phenoxy) is 1. The Kier molecular flexibility index (Phi) is 3.87. The lowest BCUT2D eigenvalue weighted by atomic mass is 9.93. The van der Waals surface area contributed by atoms with Crippen molar-refractivity contribution in [3.05, 3.63) is 29.3 Å². The van der Waals surface area contributed by atoms with E-state index in [1.54, 1.807) is 0 Å². The van der Waals surface area contributed by atoms with E-state index in [1.165, 1.54) is 7.11 Å². The van der Waals surface area contributed by atoms with Crippen LogP contribution in [0.4, 0.5) is 8.78 Å². The number of isothiocyanates is 1. The van der Waals surface area contributed by atoms with Gasteiger partial charge in [-0.25, -0.2) is 13.8 Å². The van der Waals surface area contributed by atoms with E-state index < -0.39 is 29.5 Å². The molecule has 1 fully saturated rings. The van der Waals surface area contributed by atoms with E-state index in [9.17, 15) is 13.6 Å². The fourth-order valence-corrected chi connectivity index (χ4v) is 2.22. The first-order valence-corrected chi connectivity index (χ1v) is 5.87. The number of hydrogen-bond donors (Lipinski definition) is 1. The second-order valence-electron chi connectivity index (χ2n) is 4.02. The summed E-state index contributed by atoms with van der Waals surface area (Å²) in [6.07, 6.45) is 0.